The van der Waals surface area contributed by atoms with Gasteiger partial charge in [-0.2, -0.15) is 0 Å². The zero-order chi connectivity index (χ0) is 33.2. The molecular formula is C42H30F4O2. The monoisotopic (exact) mass is 642 g/mol. The third-order valence-corrected chi connectivity index (χ3v) is 10.5. The van der Waals surface area contributed by atoms with Crippen LogP contribution in [0.25, 0.3) is 0 Å². The van der Waals surface area contributed by atoms with Crippen LogP contribution >= 0.6 is 0 Å². The molecule has 0 spiro atoms. The second-order valence-electron chi connectivity index (χ2n) is 12.8. The average molecular weight is 643 g/mol. The van der Waals surface area contributed by atoms with Crippen molar-refractivity contribution in [3.63, 3.8) is 0 Å². The van der Waals surface area contributed by atoms with E-state index in [4.69, 9.17) is 0 Å². The molecule has 6 aromatic rings. The normalized spacial score (nSPS) is 19.9. The number of aliphatic hydroxyl groups is 2. The standard InChI is InChI=1S/C42H30F4O2/c43-29-17-9-25(10-18-29)41(47,26-11-19-30(44)20-12-26)39-37-33-5-1-2-6-34(33)38(36-8-4-3-7-35(36)37)40(39)42(48,27-13-21-31(45)22-14-27)28-15-23-32(46)24-16-28/h1-24,37-40,47-48H/t37?,38?,39-,40-/m1/s1. The minimum atomic E-state index is -1.93. The highest BCUT2D eigenvalue weighted by atomic mass is 19.1. The van der Waals surface area contributed by atoms with Gasteiger partial charge in [0.15, 0.2) is 0 Å². The molecule has 0 aromatic heterocycles. The van der Waals surface area contributed by atoms with Crippen LogP contribution in [0.15, 0.2) is 146 Å². The molecule has 238 valence electrons. The molecule has 0 saturated carbocycles. The van der Waals surface area contributed by atoms with Crippen molar-refractivity contribution in [2.75, 3.05) is 0 Å². The second kappa shape index (κ2) is 11.3. The van der Waals surface area contributed by atoms with Crippen molar-refractivity contribution in [2.24, 2.45) is 11.8 Å². The van der Waals surface area contributed by atoms with Gasteiger partial charge in [-0.15, -0.1) is 0 Å². The molecule has 0 fully saturated rings. The number of hydrogen-bond acceptors (Lipinski definition) is 2. The zero-order valence-electron chi connectivity index (χ0n) is 25.6. The third-order valence-electron chi connectivity index (χ3n) is 10.5. The van der Waals surface area contributed by atoms with Gasteiger partial charge in [0.2, 0.25) is 0 Å². The highest BCUT2D eigenvalue weighted by Crippen LogP contribution is 2.67. The van der Waals surface area contributed by atoms with Crippen molar-refractivity contribution < 1.29 is 27.8 Å². The molecule has 6 aromatic carbocycles. The molecule has 0 saturated heterocycles. The summed E-state index contributed by atoms with van der Waals surface area (Å²) >= 11 is 0. The fourth-order valence-electron chi connectivity index (χ4n) is 8.60. The number of benzene rings is 6. The Labute approximate surface area is 275 Å². The van der Waals surface area contributed by atoms with Crippen molar-refractivity contribution in [1.29, 1.82) is 0 Å². The number of hydrogen-bond donors (Lipinski definition) is 2. The van der Waals surface area contributed by atoms with Crippen molar-refractivity contribution >= 4 is 0 Å². The van der Waals surface area contributed by atoms with Gasteiger partial charge in [0.05, 0.1) is 0 Å². The van der Waals surface area contributed by atoms with Crippen LogP contribution in [0.1, 0.15) is 56.3 Å². The Balaban J connectivity index is 1.52. The first-order chi connectivity index (χ1) is 23.2. The molecule has 0 heterocycles. The lowest BCUT2D eigenvalue weighted by Crippen LogP contribution is -2.58. The minimum absolute atomic E-state index is 0.355. The van der Waals surface area contributed by atoms with E-state index in [0.29, 0.717) is 22.3 Å². The summed E-state index contributed by atoms with van der Waals surface area (Å²) in [6.45, 7) is 0. The first-order valence-corrected chi connectivity index (χ1v) is 15.9. The van der Waals surface area contributed by atoms with E-state index in [1.165, 1.54) is 97.1 Å². The number of rotatable bonds is 6. The topological polar surface area (TPSA) is 40.5 Å². The van der Waals surface area contributed by atoms with Gasteiger partial charge < -0.3 is 10.2 Å². The summed E-state index contributed by atoms with van der Waals surface area (Å²) in [4.78, 5) is 0. The molecule has 3 aliphatic rings. The largest absolute Gasteiger partial charge is 0.380 e. The maximum Gasteiger partial charge on any atom is 0.123 e. The van der Waals surface area contributed by atoms with Gasteiger partial charge in [0.25, 0.3) is 0 Å². The molecule has 0 amide bonds. The van der Waals surface area contributed by atoms with Gasteiger partial charge in [-0.25, -0.2) is 17.6 Å². The quantitative estimate of drug-likeness (QED) is 0.178. The molecule has 0 aliphatic heterocycles. The van der Waals surface area contributed by atoms with Crippen LogP contribution in [-0.2, 0) is 11.2 Å². The lowest BCUT2D eigenvalue weighted by molar-refractivity contribution is -0.105. The molecule has 2 N–H and O–H groups in total. The Morgan fingerprint density at radius 3 is 0.750 bits per heavy atom. The van der Waals surface area contributed by atoms with Crippen molar-refractivity contribution in [3.8, 4) is 0 Å². The van der Waals surface area contributed by atoms with Gasteiger partial charge in [-0.1, -0.05) is 97.1 Å². The minimum Gasteiger partial charge on any atom is -0.380 e. The lowest BCUT2D eigenvalue weighted by atomic mass is 9.45. The van der Waals surface area contributed by atoms with Gasteiger partial charge in [-0.3, -0.25) is 0 Å². The van der Waals surface area contributed by atoms with E-state index in [-0.39, 0.29) is 0 Å². The number of fused-ring (bicyclic) bond motifs is 1. The summed E-state index contributed by atoms with van der Waals surface area (Å²) < 4.78 is 57.8. The van der Waals surface area contributed by atoms with Crippen LogP contribution in [0.2, 0.25) is 0 Å². The molecule has 2 atom stereocenters. The fraction of sp³-hybridized carbons (Fsp3) is 0.143. The molecule has 48 heavy (non-hydrogen) atoms. The van der Waals surface area contributed by atoms with Crippen molar-refractivity contribution in [2.45, 2.75) is 23.0 Å². The predicted octanol–water partition coefficient (Wildman–Crippen LogP) is 8.94. The third kappa shape index (κ3) is 4.47. The molecule has 2 bridgehead atoms. The Morgan fingerprint density at radius 1 is 0.333 bits per heavy atom. The maximum absolute atomic E-state index is 14.5. The molecular weight excluding hydrogens is 612 g/mol. The van der Waals surface area contributed by atoms with Crippen molar-refractivity contribution in [1.82, 2.24) is 0 Å². The number of halogens is 4. The summed E-state index contributed by atoms with van der Waals surface area (Å²) in [5.74, 6) is -4.75. The Hall–Kier alpha value is -5.04. The molecule has 9 rings (SSSR count). The van der Waals surface area contributed by atoms with Crippen LogP contribution in [0.4, 0.5) is 17.6 Å². The lowest BCUT2D eigenvalue weighted by Gasteiger charge is -2.60. The first-order valence-electron chi connectivity index (χ1n) is 15.9. The Bertz CT molecular complexity index is 1820. The van der Waals surface area contributed by atoms with E-state index in [9.17, 15) is 27.8 Å². The summed E-state index contributed by atoms with van der Waals surface area (Å²) in [6.07, 6.45) is 0. The summed E-state index contributed by atoms with van der Waals surface area (Å²) in [5.41, 5.74) is 1.42. The van der Waals surface area contributed by atoms with Crippen LogP contribution < -0.4 is 0 Å². The molecule has 6 heteroatoms. The Morgan fingerprint density at radius 2 is 0.542 bits per heavy atom. The van der Waals surface area contributed by atoms with E-state index in [2.05, 4.69) is 0 Å². The Kier molecular flexibility index (Phi) is 7.13. The molecule has 0 radical (unpaired) electrons. The predicted molar refractivity (Wildman–Crippen MR) is 175 cm³/mol. The highest BCUT2D eigenvalue weighted by molar-refractivity contribution is 5.61. The smallest absolute Gasteiger partial charge is 0.123 e. The van der Waals surface area contributed by atoms with Crippen LogP contribution in [0, 0.1) is 35.1 Å². The summed E-state index contributed by atoms with van der Waals surface area (Å²) in [7, 11) is 0. The fourth-order valence-corrected chi connectivity index (χ4v) is 8.60. The van der Waals surface area contributed by atoms with Gasteiger partial charge in [0.1, 0.15) is 34.5 Å². The van der Waals surface area contributed by atoms with Crippen LogP contribution in [0.3, 0.4) is 0 Å². The average Bonchev–Trinajstić information content (AvgIpc) is 3.12. The van der Waals surface area contributed by atoms with Crippen molar-refractivity contribution in [3.05, 3.63) is 213 Å². The maximum atomic E-state index is 14.5. The van der Waals surface area contributed by atoms with Crippen LogP contribution in [0.5, 0.6) is 0 Å². The molecule has 2 nitrogen and oxygen atoms in total. The van der Waals surface area contributed by atoms with E-state index < -0.39 is 58.1 Å². The van der Waals surface area contributed by atoms with Gasteiger partial charge in [0, 0.05) is 23.7 Å². The molecule has 3 aliphatic carbocycles. The zero-order valence-corrected chi connectivity index (χ0v) is 25.6. The SMILES string of the molecule is OC(c1ccc(F)cc1)(c1ccc(F)cc1)[C@@H]1C2c3ccccc3C(c3ccccc32)[C@H]1C(O)(c1ccc(F)cc1)c1ccc(F)cc1. The summed E-state index contributed by atoms with van der Waals surface area (Å²) in [6, 6.07) is 38.2. The highest BCUT2D eigenvalue weighted by Gasteiger charge is 2.64. The van der Waals surface area contributed by atoms with E-state index in [0.717, 1.165) is 22.3 Å². The molecule has 0 unspecified atom stereocenters. The second-order valence-corrected chi connectivity index (χ2v) is 12.8. The van der Waals surface area contributed by atoms with E-state index in [1.54, 1.807) is 0 Å². The summed E-state index contributed by atoms with van der Waals surface area (Å²) in [5, 5.41) is 27.1. The van der Waals surface area contributed by atoms with E-state index >= 15 is 0 Å². The van der Waals surface area contributed by atoms with Gasteiger partial charge in [-0.05, 0) is 93.0 Å². The van der Waals surface area contributed by atoms with Crippen LogP contribution in [-0.4, -0.2) is 10.2 Å². The van der Waals surface area contributed by atoms with Gasteiger partial charge >= 0.3 is 0 Å². The van der Waals surface area contributed by atoms with E-state index in [1.807, 2.05) is 48.5 Å². The first kappa shape index (κ1) is 30.3.